The van der Waals surface area contributed by atoms with E-state index in [2.05, 4.69) is 0 Å². The van der Waals surface area contributed by atoms with E-state index >= 15 is 0 Å². The van der Waals surface area contributed by atoms with Crippen LogP contribution in [-0.2, 0) is 9.59 Å². The summed E-state index contributed by atoms with van der Waals surface area (Å²) in [5, 5.41) is 8.32. The van der Waals surface area contributed by atoms with Gasteiger partial charge < -0.3 is 5.73 Å². The van der Waals surface area contributed by atoms with Crippen LogP contribution in [0.5, 0.6) is 0 Å². The number of carbonyl (C=O) groups excluding carboxylic acids is 2. The van der Waals surface area contributed by atoms with E-state index in [1.165, 1.54) is 4.90 Å². The minimum absolute atomic E-state index is 0.172. The number of nitrogens with two attached hydrogens (primary N) is 1. The SMILES string of the molecule is N#CCCCN1C(=O)CCC(N)C1=O. The third-order valence-corrected chi connectivity index (χ3v) is 2.22. The van der Waals surface area contributed by atoms with Gasteiger partial charge in [-0.1, -0.05) is 0 Å². The predicted molar refractivity (Wildman–Crippen MR) is 48.8 cm³/mol. The van der Waals surface area contributed by atoms with Crippen LogP contribution >= 0.6 is 0 Å². The lowest BCUT2D eigenvalue weighted by Crippen LogP contribution is -2.51. The van der Waals surface area contributed by atoms with E-state index in [1.807, 2.05) is 6.07 Å². The number of nitriles is 1. The van der Waals surface area contributed by atoms with Gasteiger partial charge in [0.25, 0.3) is 0 Å². The van der Waals surface area contributed by atoms with Crippen LogP contribution in [0.15, 0.2) is 0 Å². The third-order valence-electron chi connectivity index (χ3n) is 2.22. The number of rotatable bonds is 3. The molecule has 14 heavy (non-hydrogen) atoms. The Morgan fingerprint density at radius 2 is 2.29 bits per heavy atom. The predicted octanol–water partition coefficient (Wildman–Crippen LogP) is -0.234. The molecular formula is C9H13N3O2. The Bertz CT molecular complexity index is 282. The molecule has 0 bridgehead atoms. The number of likely N-dealkylation sites (tertiary alicyclic amines) is 1. The molecule has 1 rings (SSSR count). The lowest BCUT2D eigenvalue weighted by Gasteiger charge is -2.28. The summed E-state index contributed by atoms with van der Waals surface area (Å²) in [6.45, 7) is 0.318. The maximum atomic E-state index is 11.4. The van der Waals surface area contributed by atoms with Gasteiger partial charge in [-0.15, -0.1) is 0 Å². The highest BCUT2D eigenvalue weighted by atomic mass is 16.2. The molecule has 2 N–H and O–H groups in total. The van der Waals surface area contributed by atoms with E-state index in [0.29, 0.717) is 32.2 Å². The average molecular weight is 195 g/mol. The van der Waals surface area contributed by atoms with Crippen LogP contribution in [0.2, 0.25) is 0 Å². The van der Waals surface area contributed by atoms with E-state index in [1.54, 1.807) is 0 Å². The second-order valence-corrected chi connectivity index (χ2v) is 3.29. The molecule has 0 aromatic heterocycles. The number of hydrogen-bond acceptors (Lipinski definition) is 4. The van der Waals surface area contributed by atoms with Crippen LogP contribution in [0.4, 0.5) is 0 Å². The van der Waals surface area contributed by atoms with Crippen LogP contribution in [-0.4, -0.2) is 29.3 Å². The van der Waals surface area contributed by atoms with E-state index in [4.69, 9.17) is 11.0 Å². The molecule has 0 aromatic carbocycles. The first-order valence-electron chi connectivity index (χ1n) is 4.63. The summed E-state index contributed by atoms with van der Waals surface area (Å²) in [6.07, 6.45) is 1.65. The highest BCUT2D eigenvalue weighted by Crippen LogP contribution is 2.12. The highest BCUT2D eigenvalue weighted by molar-refractivity contribution is 6.00. The first kappa shape index (κ1) is 10.7. The van der Waals surface area contributed by atoms with E-state index < -0.39 is 6.04 Å². The molecule has 1 aliphatic rings. The van der Waals surface area contributed by atoms with Gasteiger partial charge in [0.1, 0.15) is 0 Å². The van der Waals surface area contributed by atoms with Crippen molar-refractivity contribution in [3.8, 4) is 6.07 Å². The number of imide groups is 1. The molecule has 1 unspecified atom stereocenters. The first-order valence-corrected chi connectivity index (χ1v) is 4.63. The zero-order valence-corrected chi connectivity index (χ0v) is 7.90. The summed E-state index contributed by atoms with van der Waals surface area (Å²) >= 11 is 0. The molecule has 76 valence electrons. The Morgan fingerprint density at radius 1 is 1.57 bits per heavy atom. The summed E-state index contributed by atoms with van der Waals surface area (Å²) < 4.78 is 0. The lowest BCUT2D eigenvalue weighted by molar-refractivity contribution is -0.149. The van der Waals surface area contributed by atoms with Crippen LogP contribution < -0.4 is 5.73 Å². The minimum atomic E-state index is -0.546. The summed E-state index contributed by atoms with van der Waals surface area (Å²) in [5.41, 5.74) is 5.53. The van der Waals surface area contributed by atoms with Gasteiger partial charge in [-0.3, -0.25) is 14.5 Å². The summed E-state index contributed by atoms with van der Waals surface area (Å²) in [4.78, 5) is 23.9. The standard InChI is InChI=1S/C9H13N3O2/c10-5-1-2-6-12-8(13)4-3-7(11)9(12)14/h7H,1-4,6,11H2. The summed E-state index contributed by atoms with van der Waals surface area (Å²) in [6, 6.07) is 1.42. The number of amides is 2. The van der Waals surface area contributed by atoms with Crippen molar-refractivity contribution < 1.29 is 9.59 Å². The molecule has 0 spiro atoms. The Kier molecular flexibility index (Phi) is 3.60. The molecule has 1 heterocycles. The molecule has 5 heteroatoms. The second-order valence-electron chi connectivity index (χ2n) is 3.29. The van der Waals surface area contributed by atoms with Crippen molar-refractivity contribution in [2.45, 2.75) is 31.7 Å². The van der Waals surface area contributed by atoms with Crippen LogP contribution in [0, 0.1) is 11.3 Å². The molecule has 1 fully saturated rings. The van der Waals surface area contributed by atoms with Crippen molar-refractivity contribution in [1.82, 2.24) is 4.90 Å². The van der Waals surface area contributed by atoms with E-state index in [0.717, 1.165) is 0 Å². The fourth-order valence-corrected chi connectivity index (χ4v) is 1.41. The molecule has 2 amide bonds. The van der Waals surface area contributed by atoms with Gasteiger partial charge in [-0.05, 0) is 12.8 Å². The smallest absolute Gasteiger partial charge is 0.246 e. The van der Waals surface area contributed by atoms with Crippen LogP contribution in [0.25, 0.3) is 0 Å². The van der Waals surface area contributed by atoms with Crippen LogP contribution in [0.1, 0.15) is 25.7 Å². The molecule has 1 saturated heterocycles. The zero-order valence-electron chi connectivity index (χ0n) is 7.90. The van der Waals surface area contributed by atoms with Gasteiger partial charge in [0.2, 0.25) is 11.8 Å². The zero-order chi connectivity index (χ0) is 10.6. The highest BCUT2D eigenvalue weighted by Gasteiger charge is 2.31. The van der Waals surface area contributed by atoms with E-state index in [9.17, 15) is 9.59 Å². The van der Waals surface area contributed by atoms with Gasteiger partial charge in [-0.25, -0.2) is 0 Å². The Labute approximate surface area is 82.5 Å². The number of piperidine rings is 1. The van der Waals surface area contributed by atoms with Crippen molar-refractivity contribution in [2.24, 2.45) is 5.73 Å². The minimum Gasteiger partial charge on any atom is -0.320 e. The molecule has 0 aromatic rings. The third kappa shape index (κ3) is 2.30. The Morgan fingerprint density at radius 3 is 2.93 bits per heavy atom. The Hall–Kier alpha value is -1.41. The molecule has 0 radical (unpaired) electrons. The lowest BCUT2D eigenvalue weighted by atomic mass is 10.0. The number of carbonyl (C=O) groups is 2. The van der Waals surface area contributed by atoms with Crippen molar-refractivity contribution in [3.63, 3.8) is 0 Å². The second kappa shape index (κ2) is 4.72. The van der Waals surface area contributed by atoms with Crippen molar-refractivity contribution >= 4 is 11.8 Å². The van der Waals surface area contributed by atoms with Gasteiger partial charge >= 0.3 is 0 Å². The van der Waals surface area contributed by atoms with Crippen molar-refractivity contribution in [1.29, 1.82) is 5.26 Å². The van der Waals surface area contributed by atoms with Gasteiger partial charge in [-0.2, -0.15) is 5.26 Å². The Balaban J connectivity index is 2.51. The van der Waals surface area contributed by atoms with Crippen molar-refractivity contribution in [2.75, 3.05) is 6.54 Å². The molecular weight excluding hydrogens is 182 g/mol. The normalized spacial score (nSPS) is 22.3. The van der Waals surface area contributed by atoms with Crippen LogP contribution in [0.3, 0.4) is 0 Å². The van der Waals surface area contributed by atoms with E-state index in [-0.39, 0.29) is 11.8 Å². The first-order chi connectivity index (χ1) is 6.66. The summed E-state index contributed by atoms with van der Waals surface area (Å²) in [5.74, 6) is -0.478. The van der Waals surface area contributed by atoms with Gasteiger partial charge in [0.05, 0.1) is 12.1 Å². The molecule has 1 atom stereocenters. The average Bonchev–Trinajstić information content (AvgIpc) is 2.18. The largest absolute Gasteiger partial charge is 0.320 e. The quantitative estimate of drug-likeness (QED) is 0.497. The summed E-state index contributed by atoms with van der Waals surface area (Å²) in [7, 11) is 0. The molecule has 0 saturated carbocycles. The van der Waals surface area contributed by atoms with Gasteiger partial charge in [0, 0.05) is 19.4 Å². The maximum Gasteiger partial charge on any atom is 0.246 e. The molecule has 5 nitrogen and oxygen atoms in total. The molecule has 0 aliphatic carbocycles. The number of hydrogen-bond donors (Lipinski definition) is 1. The topological polar surface area (TPSA) is 87.2 Å². The number of nitrogens with zero attached hydrogens (tertiary/aromatic N) is 2. The fraction of sp³-hybridized carbons (Fsp3) is 0.667. The molecule has 1 aliphatic heterocycles. The van der Waals surface area contributed by atoms with Gasteiger partial charge in [0.15, 0.2) is 0 Å². The fourth-order valence-electron chi connectivity index (χ4n) is 1.41. The van der Waals surface area contributed by atoms with Crippen molar-refractivity contribution in [3.05, 3.63) is 0 Å². The monoisotopic (exact) mass is 195 g/mol. The number of unbranched alkanes of at least 4 members (excludes halogenated alkanes) is 1. The maximum absolute atomic E-state index is 11.4.